The summed E-state index contributed by atoms with van der Waals surface area (Å²) in [7, 11) is 1.68. The van der Waals surface area contributed by atoms with Gasteiger partial charge in [-0.25, -0.2) is 0 Å². The highest BCUT2D eigenvalue weighted by molar-refractivity contribution is 5.92. The van der Waals surface area contributed by atoms with Crippen LogP contribution in [0.15, 0.2) is 12.3 Å². The SMILES string of the molecule is CCC(CC)n1nccc1C(=O)N(C)CCO. The number of carbonyl (C=O) groups excluding carboxylic acids is 1. The van der Waals surface area contributed by atoms with Crippen LogP contribution in [0.25, 0.3) is 0 Å². The van der Waals surface area contributed by atoms with Crippen LogP contribution in [0.5, 0.6) is 0 Å². The monoisotopic (exact) mass is 239 g/mol. The summed E-state index contributed by atoms with van der Waals surface area (Å²) < 4.78 is 1.79. The Labute approximate surface area is 102 Å². The van der Waals surface area contributed by atoms with Gasteiger partial charge >= 0.3 is 0 Å². The molecule has 1 aromatic rings. The molecular weight excluding hydrogens is 218 g/mol. The molecule has 0 aliphatic heterocycles. The number of hydrogen-bond acceptors (Lipinski definition) is 3. The summed E-state index contributed by atoms with van der Waals surface area (Å²) in [6, 6.07) is 1.99. The van der Waals surface area contributed by atoms with E-state index >= 15 is 0 Å². The van der Waals surface area contributed by atoms with E-state index in [-0.39, 0.29) is 18.6 Å². The van der Waals surface area contributed by atoms with E-state index < -0.39 is 0 Å². The average molecular weight is 239 g/mol. The van der Waals surface area contributed by atoms with Crippen LogP contribution < -0.4 is 0 Å². The van der Waals surface area contributed by atoms with E-state index in [2.05, 4.69) is 18.9 Å². The van der Waals surface area contributed by atoms with Crippen LogP contribution in [-0.4, -0.2) is 45.9 Å². The molecule has 0 aromatic carbocycles. The van der Waals surface area contributed by atoms with Gasteiger partial charge in [0.25, 0.3) is 5.91 Å². The van der Waals surface area contributed by atoms with Crippen molar-refractivity contribution < 1.29 is 9.90 Å². The fourth-order valence-corrected chi connectivity index (χ4v) is 1.86. The molecule has 96 valence electrons. The summed E-state index contributed by atoms with van der Waals surface area (Å²) in [5.74, 6) is -0.0940. The van der Waals surface area contributed by atoms with Crippen molar-refractivity contribution in [3.63, 3.8) is 0 Å². The number of aliphatic hydroxyl groups excluding tert-OH is 1. The molecule has 1 rings (SSSR count). The third kappa shape index (κ3) is 3.06. The molecule has 0 atom stereocenters. The Balaban J connectivity index is 2.91. The van der Waals surface area contributed by atoms with Crippen molar-refractivity contribution in [2.75, 3.05) is 20.2 Å². The van der Waals surface area contributed by atoms with Gasteiger partial charge < -0.3 is 10.0 Å². The molecule has 5 nitrogen and oxygen atoms in total. The minimum Gasteiger partial charge on any atom is -0.395 e. The Hall–Kier alpha value is -1.36. The second-order valence-corrected chi connectivity index (χ2v) is 4.08. The number of rotatable bonds is 6. The first kappa shape index (κ1) is 13.7. The lowest BCUT2D eigenvalue weighted by atomic mass is 10.1. The second-order valence-electron chi connectivity index (χ2n) is 4.08. The fraction of sp³-hybridized carbons (Fsp3) is 0.667. The summed E-state index contributed by atoms with van der Waals surface area (Å²) in [6.45, 7) is 4.48. The number of aliphatic hydroxyl groups is 1. The highest BCUT2D eigenvalue weighted by Gasteiger charge is 2.19. The third-order valence-electron chi connectivity index (χ3n) is 2.96. The molecule has 0 spiro atoms. The molecule has 5 heteroatoms. The first-order valence-corrected chi connectivity index (χ1v) is 6.05. The van der Waals surface area contributed by atoms with Crippen LogP contribution >= 0.6 is 0 Å². The molecule has 17 heavy (non-hydrogen) atoms. The summed E-state index contributed by atoms with van der Waals surface area (Å²) in [4.78, 5) is 13.6. The lowest BCUT2D eigenvalue weighted by Crippen LogP contribution is -2.32. The van der Waals surface area contributed by atoms with Crippen molar-refractivity contribution in [2.24, 2.45) is 0 Å². The molecule has 1 heterocycles. The Bertz CT molecular complexity index is 358. The van der Waals surface area contributed by atoms with Gasteiger partial charge in [0.1, 0.15) is 5.69 Å². The van der Waals surface area contributed by atoms with E-state index in [0.717, 1.165) is 12.8 Å². The topological polar surface area (TPSA) is 58.4 Å². The predicted octanol–water partition coefficient (Wildman–Crippen LogP) is 1.31. The Morgan fingerprint density at radius 1 is 1.53 bits per heavy atom. The van der Waals surface area contributed by atoms with Crippen molar-refractivity contribution in [2.45, 2.75) is 32.7 Å². The van der Waals surface area contributed by atoms with Gasteiger partial charge in [0.15, 0.2) is 0 Å². The van der Waals surface area contributed by atoms with Crippen molar-refractivity contribution in [1.29, 1.82) is 0 Å². The van der Waals surface area contributed by atoms with E-state index in [9.17, 15) is 4.79 Å². The van der Waals surface area contributed by atoms with Crippen molar-refractivity contribution >= 4 is 5.91 Å². The molecule has 0 radical (unpaired) electrons. The highest BCUT2D eigenvalue weighted by atomic mass is 16.3. The maximum Gasteiger partial charge on any atom is 0.271 e. The molecule has 0 saturated heterocycles. The first-order valence-electron chi connectivity index (χ1n) is 6.05. The van der Waals surface area contributed by atoms with Crippen molar-refractivity contribution in [3.8, 4) is 0 Å². The van der Waals surface area contributed by atoms with Gasteiger partial charge in [-0.3, -0.25) is 9.48 Å². The van der Waals surface area contributed by atoms with Crippen molar-refractivity contribution in [1.82, 2.24) is 14.7 Å². The van der Waals surface area contributed by atoms with Crippen LogP contribution in [0, 0.1) is 0 Å². The number of nitrogens with zero attached hydrogens (tertiary/aromatic N) is 3. The number of amides is 1. The highest BCUT2D eigenvalue weighted by Crippen LogP contribution is 2.17. The third-order valence-corrected chi connectivity index (χ3v) is 2.96. The predicted molar refractivity (Wildman–Crippen MR) is 65.9 cm³/mol. The molecule has 0 bridgehead atoms. The number of carbonyl (C=O) groups is 1. The van der Waals surface area contributed by atoms with Crippen LogP contribution in [-0.2, 0) is 0 Å². The smallest absolute Gasteiger partial charge is 0.271 e. The molecule has 0 aliphatic carbocycles. The van der Waals surface area contributed by atoms with E-state index in [1.165, 1.54) is 4.90 Å². The molecule has 1 amide bonds. The zero-order valence-electron chi connectivity index (χ0n) is 10.8. The first-order chi connectivity index (χ1) is 8.15. The molecule has 1 aromatic heterocycles. The van der Waals surface area contributed by atoms with Gasteiger partial charge in [-0.2, -0.15) is 5.10 Å². The van der Waals surface area contributed by atoms with Crippen LogP contribution in [0.3, 0.4) is 0 Å². The molecule has 0 fully saturated rings. The molecular formula is C12H21N3O2. The maximum absolute atomic E-state index is 12.1. The van der Waals surface area contributed by atoms with E-state index in [1.807, 2.05) is 0 Å². The van der Waals surface area contributed by atoms with E-state index in [4.69, 9.17) is 5.11 Å². The second kappa shape index (κ2) is 6.39. The molecule has 0 unspecified atom stereocenters. The van der Waals surface area contributed by atoms with E-state index in [0.29, 0.717) is 12.2 Å². The van der Waals surface area contributed by atoms with E-state index in [1.54, 1.807) is 24.0 Å². The Kier molecular flexibility index (Phi) is 5.15. The quantitative estimate of drug-likeness (QED) is 0.814. The molecule has 0 saturated carbocycles. The van der Waals surface area contributed by atoms with Gasteiger partial charge in [-0.1, -0.05) is 13.8 Å². The number of aromatic nitrogens is 2. The molecule has 1 N–H and O–H groups in total. The standard InChI is InChI=1S/C12H21N3O2/c1-4-10(5-2)15-11(6-7-13-15)12(17)14(3)8-9-16/h6-7,10,16H,4-5,8-9H2,1-3H3. The van der Waals surface area contributed by atoms with Gasteiger partial charge in [0.2, 0.25) is 0 Å². The summed E-state index contributed by atoms with van der Waals surface area (Å²) in [5.41, 5.74) is 0.592. The Morgan fingerprint density at radius 3 is 2.71 bits per heavy atom. The average Bonchev–Trinajstić information content (AvgIpc) is 2.79. The van der Waals surface area contributed by atoms with Gasteiger partial charge in [-0.15, -0.1) is 0 Å². The van der Waals surface area contributed by atoms with Gasteiger partial charge in [0.05, 0.1) is 12.6 Å². The summed E-state index contributed by atoms with van der Waals surface area (Å²) >= 11 is 0. The summed E-state index contributed by atoms with van der Waals surface area (Å²) in [5, 5.41) is 13.1. The Morgan fingerprint density at radius 2 is 2.18 bits per heavy atom. The van der Waals surface area contributed by atoms with Gasteiger partial charge in [0, 0.05) is 19.8 Å². The lowest BCUT2D eigenvalue weighted by molar-refractivity contribution is 0.0751. The lowest BCUT2D eigenvalue weighted by Gasteiger charge is -2.20. The minimum absolute atomic E-state index is 0.0264. The van der Waals surface area contributed by atoms with Crippen molar-refractivity contribution in [3.05, 3.63) is 18.0 Å². The normalized spacial score (nSPS) is 10.9. The largest absolute Gasteiger partial charge is 0.395 e. The minimum atomic E-state index is -0.0940. The fourth-order valence-electron chi connectivity index (χ4n) is 1.86. The molecule has 0 aliphatic rings. The van der Waals surface area contributed by atoms with Crippen LogP contribution in [0.4, 0.5) is 0 Å². The number of hydrogen-bond donors (Lipinski definition) is 1. The summed E-state index contributed by atoms with van der Waals surface area (Å²) in [6.07, 6.45) is 3.54. The number of likely N-dealkylation sites (N-methyl/N-ethyl adjacent to an activating group) is 1. The van der Waals surface area contributed by atoms with Crippen LogP contribution in [0.1, 0.15) is 43.2 Å². The van der Waals surface area contributed by atoms with Gasteiger partial charge in [-0.05, 0) is 18.9 Å². The zero-order valence-corrected chi connectivity index (χ0v) is 10.8. The zero-order chi connectivity index (χ0) is 12.8. The maximum atomic E-state index is 12.1. The van der Waals surface area contributed by atoms with Crippen LogP contribution in [0.2, 0.25) is 0 Å².